The molecule has 1 atom stereocenters. The molecule has 0 saturated heterocycles. The minimum absolute atomic E-state index is 0.00389. The first-order valence-electron chi connectivity index (χ1n) is 9.67. The van der Waals surface area contributed by atoms with Gasteiger partial charge in [0.1, 0.15) is 10.7 Å². The molecular weight excluding hydrogens is 448 g/mol. The van der Waals surface area contributed by atoms with Crippen LogP contribution in [0.2, 0.25) is 5.02 Å². The number of ether oxygens (including phenoxy) is 1. The fourth-order valence-electron chi connectivity index (χ4n) is 3.50. The monoisotopic (exact) mass is 470 g/mol. The summed E-state index contributed by atoms with van der Waals surface area (Å²) in [5, 5.41) is 15.6. The first kappa shape index (κ1) is 23.0. The summed E-state index contributed by atoms with van der Waals surface area (Å²) in [5.74, 6) is -0.937. The lowest BCUT2D eigenvalue weighted by molar-refractivity contribution is -0.140. The first-order chi connectivity index (χ1) is 14.7. The lowest BCUT2D eigenvalue weighted by Crippen LogP contribution is -2.34. The average Bonchev–Trinajstić information content (AvgIpc) is 3.19. The van der Waals surface area contributed by atoms with Gasteiger partial charge in [-0.2, -0.15) is 0 Å². The number of sulfone groups is 1. The van der Waals surface area contributed by atoms with Crippen LogP contribution in [0.15, 0.2) is 33.8 Å². The van der Waals surface area contributed by atoms with Crippen molar-refractivity contribution in [1.82, 2.24) is 5.32 Å². The number of phenolic OH excluding ortho intramolecular Hbond substituents is 1. The quantitative estimate of drug-likeness (QED) is 0.415. The number of hydrogen-bond acceptors (Lipinski definition) is 7. The number of methoxy groups -OCH3 is 1. The molecule has 1 aromatic carbocycles. The van der Waals surface area contributed by atoms with E-state index in [1.165, 1.54) is 19.2 Å². The SMILES string of the molecule is COC(=O)CCCS(=O)(=O)c1c(Cl)ccc(NC(=O)N[C@@H]2CCCc3ccoc32)c1O. The molecule has 11 heteroatoms. The van der Waals surface area contributed by atoms with Gasteiger partial charge in [-0.05, 0) is 49.4 Å². The summed E-state index contributed by atoms with van der Waals surface area (Å²) in [7, 11) is -2.81. The highest BCUT2D eigenvalue weighted by Crippen LogP contribution is 2.38. The third-order valence-electron chi connectivity index (χ3n) is 5.01. The van der Waals surface area contributed by atoms with Crippen molar-refractivity contribution >= 4 is 39.1 Å². The zero-order chi connectivity index (χ0) is 22.6. The molecule has 0 radical (unpaired) electrons. The molecule has 0 saturated carbocycles. The second-order valence-corrected chi connectivity index (χ2v) is 9.58. The molecule has 1 aliphatic rings. The van der Waals surface area contributed by atoms with E-state index in [0.717, 1.165) is 18.4 Å². The standard InChI is InChI=1S/C20H23ClN2O7S/c1-29-16(24)6-3-11-31(27,28)19-13(21)7-8-14(17(19)25)22-20(26)23-15-5-2-4-12-9-10-30-18(12)15/h7-10,15,25H,2-6,11H2,1H3,(H2,22,23,26)/t15-/m1/s1. The van der Waals surface area contributed by atoms with Crippen molar-refractivity contribution in [2.24, 2.45) is 0 Å². The average molecular weight is 471 g/mol. The van der Waals surface area contributed by atoms with Crippen molar-refractivity contribution in [1.29, 1.82) is 0 Å². The van der Waals surface area contributed by atoms with Crippen LogP contribution >= 0.6 is 11.6 Å². The van der Waals surface area contributed by atoms with Crippen LogP contribution in [0.5, 0.6) is 5.75 Å². The third-order valence-corrected chi connectivity index (χ3v) is 7.29. The Balaban J connectivity index is 1.73. The summed E-state index contributed by atoms with van der Waals surface area (Å²) in [6.07, 6.45) is 3.93. The van der Waals surface area contributed by atoms with Gasteiger partial charge in [-0.3, -0.25) is 4.79 Å². The topological polar surface area (TPSA) is 135 Å². The molecule has 1 aliphatic carbocycles. The van der Waals surface area contributed by atoms with Crippen molar-refractivity contribution in [3.8, 4) is 5.75 Å². The third kappa shape index (κ3) is 5.31. The van der Waals surface area contributed by atoms with E-state index in [-0.39, 0.29) is 29.6 Å². The van der Waals surface area contributed by atoms with Crippen molar-refractivity contribution in [3.05, 3.63) is 40.8 Å². The summed E-state index contributed by atoms with van der Waals surface area (Å²) in [6.45, 7) is 0. The van der Waals surface area contributed by atoms with Crippen LogP contribution in [0.1, 0.15) is 43.0 Å². The molecule has 9 nitrogen and oxygen atoms in total. The molecular formula is C20H23ClN2O7S. The number of hydrogen-bond donors (Lipinski definition) is 3. The van der Waals surface area contributed by atoms with Gasteiger partial charge in [-0.1, -0.05) is 11.6 Å². The number of amides is 2. The molecule has 3 rings (SSSR count). The Morgan fingerprint density at radius 2 is 2.10 bits per heavy atom. The maximum atomic E-state index is 12.7. The number of furan rings is 1. The highest BCUT2D eigenvalue weighted by Gasteiger charge is 2.27. The zero-order valence-electron chi connectivity index (χ0n) is 16.8. The number of urea groups is 1. The Morgan fingerprint density at radius 1 is 1.32 bits per heavy atom. The molecule has 2 aromatic rings. The fraction of sp³-hybridized carbons (Fsp3) is 0.400. The molecule has 1 heterocycles. The van der Waals surface area contributed by atoms with E-state index in [4.69, 9.17) is 16.0 Å². The minimum Gasteiger partial charge on any atom is -0.504 e. The van der Waals surface area contributed by atoms with E-state index in [9.17, 15) is 23.1 Å². The molecule has 0 bridgehead atoms. The van der Waals surface area contributed by atoms with Gasteiger partial charge in [0.05, 0.1) is 35.9 Å². The number of benzene rings is 1. The van der Waals surface area contributed by atoms with Crippen LogP contribution in [0, 0.1) is 0 Å². The number of carbonyl (C=O) groups excluding carboxylic acids is 2. The number of carbonyl (C=O) groups is 2. The summed E-state index contributed by atoms with van der Waals surface area (Å²) in [5.41, 5.74) is 0.926. The number of halogens is 1. The first-order valence-corrected chi connectivity index (χ1v) is 11.7. The van der Waals surface area contributed by atoms with E-state index in [1.807, 2.05) is 6.07 Å². The molecule has 0 aliphatic heterocycles. The summed E-state index contributed by atoms with van der Waals surface area (Å²) in [6, 6.07) is 3.50. The van der Waals surface area contributed by atoms with Crippen molar-refractivity contribution in [2.75, 3.05) is 18.2 Å². The van der Waals surface area contributed by atoms with Crippen LogP contribution in [0.25, 0.3) is 0 Å². The zero-order valence-corrected chi connectivity index (χ0v) is 18.4. The number of rotatable bonds is 7. The van der Waals surface area contributed by atoms with E-state index in [1.54, 1.807) is 6.26 Å². The summed E-state index contributed by atoms with van der Waals surface area (Å²) >= 11 is 6.02. The molecule has 31 heavy (non-hydrogen) atoms. The number of aromatic hydroxyl groups is 1. The maximum absolute atomic E-state index is 12.7. The largest absolute Gasteiger partial charge is 0.504 e. The van der Waals surface area contributed by atoms with Crippen LogP contribution in [0.3, 0.4) is 0 Å². The maximum Gasteiger partial charge on any atom is 0.319 e. The van der Waals surface area contributed by atoms with Gasteiger partial charge in [0.25, 0.3) is 0 Å². The Bertz CT molecular complexity index is 1080. The van der Waals surface area contributed by atoms with Gasteiger partial charge in [0.15, 0.2) is 15.6 Å². The molecule has 0 unspecified atom stereocenters. The predicted molar refractivity (Wildman–Crippen MR) is 113 cm³/mol. The molecule has 0 fully saturated rings. The van der Waals surface area contributed by atoms with Crippen LogP contribution in [0.4, 0.5) is 10.5 Å². The van der Waals surface area contributed by atoms with Gasteiger partial charge in [-0.15, -0.1) is 0 Å². The van der Waals surface area contributed by atoms with Gasteiger partial charge >= 0.3 is 12.0 Å². The van der Waals surface area contributed by atoms with Crippen molar-refractivity contribution in [2.45, 2.75) is 43.0 Å². The number of phenols is 1. The molecule has 3 N–H and O–H groups in total. The number of fused-ring (bicyclic) bond motifs is 1. The van der Waals surface area contributed by atoms with Gasteiger partial charge in [0, 0.05) is 6.42 Å². The molecule has 0 spiro atoms. The molecule has 1 aromatic heterocycles. The number of aryl methyl sites for hydroxylation is 1. The van der Waals surface area contributed by atoms with Crippen LogP contribution in [-0.2, 0) is 25.8 Å². The highest BCUT2D eigenvalue weighted by molar-refractivity contribution is 7.91. The second-order valence-electron chi connectivity index (χ2n) is 7.12. The van der Waals surface area contributed by atoms with Gasteiger partial charge in [-0.25, -0.2) is 13.2 Å². The van der Waals surface area contributed by atoms with Crippen LogP contribution < -0.4 is 10.6 Å². The van der Waals surface area contributed by atoms with Crippen LogP contribution in [-0.4, -0.2) is 38.4 Å². The smallest absolute Gasteiger partial charge is 0.319 e. The number of anilines is 1. The Hall–Kier alpha value is -2.72. The van der Waals surface area contributed by atoms with Gasteiger partial charge < -0.3 is 24.9 Å². The summed E-state index contributed by atoms with van der Waals surface area (Å²) in [4.78, 5) is 23.2. The van der Waals surface area contributed by atoms with E-state index in [2.05, 4.69) is 15.4 Å². The Kier molecular flexibility index (Phi) is 7.11. The Labute approximate surface area is 184 Å². The van der Waals surface area contributed by atoms with E-state index < -0.39 is 38.2 Å². The van der Waals surface area contributed by atoms with E-state index >= 15 is 0 Å². The fourth-order valence-corrected chi connectivity index (χ4v) is 5.50. The van der Waals surface area contributed by atoms with E-state index in [0.29, 0.717) is 12.2 Å². The second kappa shape index (κ2) is 9.61. The van der Waals surface area contributed by atoms with Crippen molar-refractivity contribution < 1.29 is 32.3 Å². The minimum atomic E-state index is -4.02. The van der Waals surface area contributed by atoms with Gasteiger partial charge in [0.2, 0.25) is 0 Å². The number of nitrogens with one attached hydrogen (secondary N) is 2. The lowest BCUT2D eigenvalue weighted by Gasteiger charge is -2.22. The lowest BCUT2D eigenvalue weighted by atomic mass is 9.94. The number of esters is 1. The summed E-state index contributed by atoms with van der Waals surface area (Å²) < 4.78 is 35.3. The Morgan fingerprint density at radius 3 is 2.84 bits per heavy atom. The highest BCUT2D eigenvalue weighted by atomic mass is 35.5. The van der Waals surface area contributed by atoms with Crippen molar-refractivity contribution in [3.63, 3.8) is 0 Å². The molecule has 168 valence electrons. The predicted octanol–water partition coefficient (Wildman–Crippen LogP) is 3.56. The normalized spacial score (nSPS) is 15.7. The molecule has 2 amide bonds.